The fourth-order valence-electron chi connectivity index (χ4n) is 2.22. The van der Waals surface area contributed by atoms with E-state index in [1.54, 1.807) is 0 Å². The summed E-state index contributed by atoms with van der Waals surface area (Å²) in [4.78, 5) is 4.35. The first-order valence-corrected chi connectivity index (χ1v) is 5.89. The van der Waals surface area contributed by atoms with Crippen molar-refractivity contribution in [3.63, 3.8) is 0 Å². The highest BCUT2D eigenvalue weighted by Crippen LogP contribution is 2.49. The Balaban J connectivity index is 1.84. The highest BCUT2D eigenvalue weighted by molar-refractivity contribution is 5.52. The van der Waals surface area contributed by atoms with Gasteiger partial charge < -0.3 is 4.42 Å². The van der Waals surface area contributed by atoms with E-state index in [0.717, 1.165) is 23.1 Å². The molecule has 0 amide bonds. The van der Waals surface area contributed by atoms with Crippen molar-refractivity contribution in [1.29, 1.82) is 0 Å². The van der Waals surface area contributed by atoms with Gasteiger partial charge >= 0.3 is 0 Å². The van der Waals surface area contributed by atoms with Crippen LogP contribution in [0.2, 0.25) is 0 Å². The molecular formula is C14H15NO. The Morgan fingerprint density at radius 2 is 2.12 bits per heavy atom. The lowest BCUT2D eigenvalue weighted by atomic mass is 10.2. The van der Waals surface area contributed by atoms with E-state index in [1.165, 1.54) is 12.8 Å². The van der Waals surface area contributed by atoms with E-state index < -0.39 is 0 Å². The molecule has 1 aliphatic rings. The van der Waals surface area contributed by atoms with Crippen LogP contribution in [0.4, 0.5) is 0 Å². The van der Waals surface area contributed by atoms with Gasteiger partial charge in [-0.3, -0.25) is 0 Å². The van der Waals surface area contributed by atoms with Crippen LogP contribution in [0.3, 0.4) is 0 Å². The van der Waals surface area contributed by atoms with Gasteiger partial charge in [0.05, 0.1) is 6.20 Å². The van der Waals surface area contributed by atoms with E-state index in [2.05, 4.69) is 11.9 Å². The Morgan fingerprint density at radius 1 is 1.31 bits per heavy atom. The van der Waals surface area contributed by atoms with Gasteiger partial charge in [0.25, 0.3) is 0 Å². The molecule has 0 spiro atoms. The predicted octanol–water partition coefficient (Wildman–Crippen LogP) is 3.86. The number of hydrogen-bond acceptors (Lipinski definition) is 2. The van der Waals surface area contributed by atoms with Crippen molar-refractivity contribution in [3.8, 4) is 11.5 Å². The molecule has 1 saturated carbocycles. The van der Waals surface area contributed by atoms with Crippen LogP contribution in [0.15, 0.2) is 40.9 Å². The highest BCUT2D eigenvalue weighted by atomic mass is 16.4. The summed E-state index contributed by atoms with van der Waals surface area (Å²) in [6.45, 7) is 2.24. The number of rotatable bonds is 3. The monoisotopic (exact) mass is 213 g/mol. The first kappa shape index (κ1) is 9.64. The molecule has 0 N–H and O–H groups in total. The molecule has 82 valence electrons. The second kappa shape index (κ2) is 3.78. The van der Waals surface area contributed by atoms with Gasteiger partial charge in [-0.1, -0.05) is 31.5 Å². The fraction of sp³-hybridized carbons (Fsp3) is 0.357. The molecule has 2 heteroatoms. The SMILES string of the molecule is CC[C@H]1C[C@@H]1c1cnc(-c2ccccc2)o1. The molecule has 3 rings (SSSR count). The molecule has 0 aliphatic heterocycles. The molecule has 1 aromatic heterocycles. The van der Waals surface area contributed by atoms with Crippen LogP contribution in [-0.2, 0) is 0 Å². The lowest BCUT2D eigenvalue weighted by molar-refractivity contribution is 0.510. The lowest BCUT2D eigenvalue weighted by Crippen LogP contribution is -1.77. The Morgan fingerprint density at radius 3 is 2.81 bits per heavy atom. The van der Waals surface area contributed by atoms with Crippen LogP contribution in [0.1, 0.15) is 31.4 Å². The first-order valence-electron chi connectivity index (χ1n) is 5.89. The third-order valence-corrected chi connectivity index (χ3v) is 3.36. The molecule has 2 aromatic rings. The van der Waals surface area contributed by atoms with Gasteiger partial charge in [-0.2, -0.15) is 0 Å². The molecule has 1 aliphatic carbocycles. The molecule has 2 nitrogen and oxygen atoms in total. The van der Waals surface area contributed by atoms with E-state index in [-0.39, 0.29) is 0 Å². The van der Waals surface area contributed by atoms with Crippen LogP contribution in [0.25, 0.3) is 11.5 Å². The third kappa shape index (κ3) is 1.64. The van der Waals surface area contributed by atoms with Crippen molar-refractivity contribution in [2.45, 2.75) is 25.7 Å². The quantitative estimate of drug-likeness (QED) is 0.773. The fourth-order valence-corrected chi connectivity index (χ4v) is 2.22. The van der Waals surface area contributed by atoms with E-state index in [4.69, 9.17) is 4.42 Å². The van der Waals surface area contributed by atoms with Gasteiger partial charge in [-0.15, -0.1) is 0 Å². The summed E-state index contributed by atoms with van der Waals surface area (Å²) < 4.78 is 5.81. The van der Waals surface area contributed by atoms with Crippen LogP contribution >= 0.6 is 0 Å². The molecule has 16 heavy (non-hydrogen) atoms. The van der Waals surface area contributed by atoms with Gasteiger partial charge in [-0.25, -0.2) is 4.98 Å². The normalized spacial score (nSPS) is 23.3. The van der Waals surface area contributed by atoms with Crippen molar-refractivity contribution in [2.75, 3.05) is 0 Å². The summed E-state index contributed by atoms with van der Waals surface area (Å²) in [6, 6.07) is 10.1. The number of aromatic nitrogens is 1. The first-order chi connectivity index (χ1) is 7.88. The average molecular weight is 213 g/mol. The number of hydrogen-bond donors (Lipinski definition) is 0. The van der Waals surface area contributed by atoms with Gasteiger partial charge in [0, 0.05) is 11.5 Å². The Kier molecular flexibility index (Phi) is 2.28. The summed E-state index contributed by atoms with van der Waals surface area (Å²) in [6.07, 6.45) is 4.40. The van der Waals surface area contributed by atoms with Crippen LogP contribution in [0.5, 0.6) is 0 Å². The average Bonchev–Trinajstić information content (AvgIpc) is 2.98. The van der Waals surface area contributed by atoms with Crippen LogP contribution in [-0.4, -0.2) is 4.98 Å². The number of benzene rings is 1. The van der Waals surface area contributed by atoms with Crippen molar-refractivity contribution in [2.24, 2.45) is 5.92 Å². The molecule has 2 atom stereocenters. The molecule has 1 heterocycles. The molecule has 1 aromatic carbocycles. The summed E-state index contributed by atoms with van der Waals surface area (Å²) in [5, 5.41) is 0. The maximum absolute atomic E-state index is 5.81. The standard InChI is InChI=1S/C14H15NO/c1-2-10-8-12(10)13-9-15-14(16-13)11-6-4-3-5-7-11/h3-7,9-10,12H,2,8H2,1H3/t10-,12-/m0/s1. The minimum absolute atomic E-state index is 0.620. The van der Waals surface area contributed by atoms with Gasteiger partial charge in [0.1, 0.15) is 5.76 Å². The lowest BCUT2D eigenvalue weighted by Gasteiger charge is -1.94. The summed E-state index contributed by atoms with van der Waals surface area (Å²) in [5.41, 5.74) is 1.06. The molecule has 1 fully saturated rings. The summed E-state index contributed by atoms with van der Waals surface area (Å²) in [7, 11) is 0. The second-order valence-electron chi connectivity index (χ2n) is 4.44. The van der Waals surface area contributed by atoms with Crippen molar-refractivity contribution < 1.29 is 4.42 Å². The summed E-state index contributed by atoms with van der Waals surface area (Å²) in [5.74, 6) is 3.24. The van der Waals surface area contributed by atoms with Crippen LogP contribution in [0, 0.1) is 5.92 Å². The zero-order chi connectivity index (χ0) is 11.0. The highest BCUT2D eigenvalue weighted by Gasteiger charge is 2.39. The minimum atomic E-state index is 0.620. The Labute approximate surface area is 95.3 Å². The zero-order valence-corrected chi connectivity index (χ0v) is 9.39. The van der Waals surface area contributed by atoms with Gasteiger partial charge in [-0.05, 0) is 24.5 Å². The summed E-state index contributed by atoms with van der Waals surface area (Å²) >= 11 is 0. The molecular weight excluding hydrogens is 198 g/mol. The van der Waals surface area contributed by atoms with E-state index in [9.17, 15) is 0 Å². The van der Waals surface area contributed by atoms with E-state index >= 15 is 0 Å². The number of nitrogens with zero attached hydrogens (tertiary/aromatic N) is 1. The number of oxazole rings is 1. The van der Waals surface area contributed by atoms with E-state index in [0.29, 0.717) is 5.92 Å². The van der Waals surface area contributed by atoms with Crippen molar-refractivity contribution >= 4 is 0 Å². The second-order valence-corrected chi connectivity index (χ2v) is 4.44. The van der Waals surface area contributed by atoms with Crippen LogP contribution < -0.4 is 0 Å². The van der Waals surface area contributed by atoms with Gasteiger partial charge in [0.2, 0.25) is 5.89 Å². The molecule has 0 bridgehead atoms. The third-order valence-electron chi connectivity index (χ3n) is 3.36. The maximum Gasteiger partial charge on any atom is 0.226 e. The smallest absolute Gasteiger partial charge is 0.226 e. The topological polar surface area (TPSA) is 26.0 Å². The van der Waals surface area contributed by atoms with Gasteiger partial charge in [0.15, 0.2) is 0 Å². The van der Waals surface area contributed by atoms with Crippen molar-refractivity contribution in [1.82, 2.24) is 4.98 Å². The maximum atomic E-state index is 5.81. The van der Waals surface area contributed by atoms with E-state index in [1.807, 2.05) is 36.5 Å². The minimum Gasteiger partial charge on any atom is -0.441 e. The Bertz CT molecular complexity index is 474. The largest absolute Gasteiger partial charge is 0.441 e. The van der Waals surface area contributed by atoms with Crippen molar-refractivity contribution in [3.05, 3.63) is 42.3 Å². The predicted molar refractivity (Wildman–Crippen MR) is 63.1 cm³/mol. The molecule has 0 saturated heterocycles. The zero-order valence-electron chi connectivity index (χ0n) is 9.39. The molecule has 0 unspecified atom stereocenters. The Hall–Kier alpha value is -1.57. The molecule has 0 radical (unpaired) electrons.